The van der Waals surface area contributed by atoms with Crippen molar-refractivity contribution in [3.05, 3.63) is 51.9 Å². The molecule has 0 fully saturated rings. The lowest BCUT2D eigenvalue weighted by Gasteiger charge is -2.16. The predicted molar refractivity (Wildman–Crippen MR) is 87.0 cm³/mol. The molecule has 0 aliphatic heterocycles. The highest BCUT2D eigenvalue weighted by molar-refractivity contribution is 9.10. The number of hydrogen-bond acceptors (Lipinski definition) is 4. The van der Waals surface area contributed by atoms with Crippen LogP contribution in [0.5, 0.6) is 0 Å². The minimum absolute atomic E-state index is 0.0968. The number of nitriles is 1. The average Bonchev–Trinajstić information content (AvgIpc) is 2.46. The topological polar surface area (TPSA) is 61.6 Å². The third-order valence-electron chi connectivity index (χ3n) is 3.13. The van der Waals surface area contributed by atoms with Crippen LogP contribution in [0.15, 0.2) is 34.9 Å². The number of nitrogens with one attached hydrogen (secondary N) is 1. The van der Waals surface area contributed by atoms with Crippen molar-refractivity contribution >= 4 is 21.7 Å². The summed E-state index contributed by atoms with van der Waals surface area (Å²) in [4.78, 5) is 8.89. The molecular weight excluding hydrogens is 328 g/mol. The lowest BCUT2D eigenvalue weighted by atomic mass is 10.1. The standard InChI is InChI=1S/C16H17BrN4/c1-10(2)16-20-14(17)8-15(21-16)19-11(3)13-6-4-12(9-18)5-7-13/h4-8,10-11H,1-3H3,(H,19,20,21). The van der Waals surface area contributed by atoms with Gasteiger partial charge < -0.3 is 5.32 Å². The van der Waals surface area contributed by atoms with Crippen molar-refractivity contribution in [1.82, 2.24) is 9.97 Å². The normalized spacial score (nSPS) is 12.0. The van der Waals surface area contributed by atoms with E-state index < -0.39 is 0 Å². The fraction of sp³-hybridized carbons (Fsp3) is 0.312. The van der Waals surface area contributed by atoms with Crippen LogP contribution in [-0.4, -0.2) is 9.97 Å². The summed E-state index contributed by atoms with van der Waals surface area (Å²) in [5.41, 5.74) is 1.77. The van der Waals surface area contributed by atoms with E-state index in [1.807, 2.05) is 30.3 Å². The summed E-state index contributed by atoms with van der Waals surface area (Å²) in [5.74, 6) is 1.87. The molecule has 4 nitrogen and oxygen atoms in total. The Morgan fingerprint density at radius 2 is 1.81 bits per heavy atom. The fourth-order valence-electron chi connectivity index (χ4n) is 1.92. The van der Waals surface area contributed by atoms with Gasteiger partial charge >= 0.3 is 0 Å². The van der Waals surface area contributed by atoms with E-state index in [1.165, 1.54) is 0 Å². The van der Waals surface area contributed by atoms with Crippen molar-refractivity contribution in [2.75, 3.05) is 5.32 Å². The van der Waals surface area contributed by atoms with E-state index in [2.05, 4.69) is 58.1 Å². The number of nitrogens with zero attached hydrogens (tertiary/aromatic N) is 3. The van der Waals surface area contributed by atoms with Crippen molar-refractivity contribution in [1.29, 1.82) is 5.26 Å². The minimum Gasteiger partial charge on any atom is -0.363 e. The van der Waals surface area contributed by atoms with Crippen molar-refractivity contribution in [2.45, 2.75) is 32.7 Å². The summed E-state index contributed by atoms with van der Waals surface area (Å²) in [5, 5.41) is 12.2. The van der Waals surface area contributed by atoms with E-state index >= 15 is 0 Å². The molecule has 1 aromatic carbocycles. The van der Waals surface area contributed by atoms with Gasteiger partial charge in [-0.2, -0.15) is 5.26 Å². The van der Waals surface area contributed by atoms with Crippen molar-refractivity contribution in [3.63, 3.8) is 0 Å². The zero-order valence-corrected chi connectivity index (χ0v) is 13.8. The molecule has 1 aromatic heterocycles. The van der Waals surface area contributed by atoms with Crippen molar-refractivity contribution in [2.24, 2.45) is 0 Å². The van der Waals surface area contributed by atoms with Crippen molar-refractivity contribution < 1.29 is 0 Å². The maximum atomic E-state index is 8.83. The van der Waals surface area contributed by atoms with Gasteiger partial charge in [-0.15, -0.1) is 0 Å². The van der Waals surface area contributed by atoms with Gasteiger partial charge in [-0.05, 0) is 40.5 Å². The highest BCUT2D eigenvalue weighted by Gasteiger charge is 2.10. The molecule has 0 spiro atoms. The van der Waals surface area contributed by atoms with Gasteiger partial charge in [-0.3, -0.25) is 0 Å². The van der Waals surface area contributed by atoms with E-state index in [1.54, 1.807) is 0 Å². The smallest absolute Gasteiger partial charge is 0.134 e. The van der Waals surface area contributed by atoms with Gasteiger partial charge in [0.2, 0.25) is 0 Å². The van der Waals surface area contributed by atoms with Gasteiger partial charge in [0, 0.05) is 18.0 Å². The number of aromatic nitrogens is 2. The van der Waals surface area contributed by atoms with E-state index in [-0.39, 0.29) is 12.0 Å². The van der Waals surface area contributed by atoms with Crippen LogP contribution in [0.25, 0.3) is 0 Å². The first kappa shape index (κ1) is 15.5. The van der Waals surface area contributed by atoms with E-state index in [0.29, 0.717) is 5.56 Å². The van der Waals surface area contributed by atoms with Gasteiger partial charge in [-0.1, -0.05) is 26.0 Å². The van der Waals surface area contributed by atoms with E-state index in [0.717, 1.165) is 21.8 Å². The van der Waals surface area contributed by atoms with Gasteiger partial charge in [0.05, 0.1) is 11.6 Å². The summed E-state index contributed by atoms with van der Waals surface area (Å²) < 4.78 is 0.774. The summed E-state index contributed by atoms with van der Waals surface area (Å²) in [6.45, 7) is 6.19. The molecule has 108 valence electrons. The molecule has 5 heteroatoms. The van der Waals surface area contributed by atoms with Crippen LogP contribution in [-0.2, 0) is 0 Å². The van der Waals surface area contributed by atoms with Crippen LogP contribution in [0.2, 0.25) is 0 Å². The van der Waals surface area contributed by atoms with E-state index in [4.69, 9.17) is 5.26 Å². The molecule has 1 atom stereocenters. The van der Waals surface area contributed by atoms with Crippen LogP contribution in [0.3, 0.4) is 0 Å². The van der Waals surface area contributed by atoms with Crippen LogP contribution in [0.4, 0.5) is 5.82 Å². The third-order valence-corrected chi connectivity index (χ3v) is 3.54. The van der Waals surface area contributed by atoms with E-state index in [9.17, 15) is 0 Å². The van der Waals surface area contributed by atoms with Gasteiger partial charge in [0.15, 0.2) is 0 Å². The quantitative estimate of drug-likeness (QED) is 0.834. The summed E-state index contributed by atoms with van der Waals surface area (Å²) in [6, 6.07) is 11.6. The molecule has 21 heavy (non-hydrogen) atoms. The minimum atomic E-state index is 0.0968. The second kappa shape index (κ2) is 6.68. The highest BCUT2D eigenvalue weighted by Crippen LogP contribution is 2.22. The third kappa shape index (κ3) is 4.02. The second-order valence-electron chi connectivity index (χ2n) is 5.19. The Bertz CT molecular complexity index is 659. The Morgan fingerprint density at radius 3 is 2.38 bits per heavy atom. The monoisotopic (exact) mass is 344 g/mol. The molecule has 0 aliphatic rings. The molecule has 0 aliphatic carbocycles. The molecule has 0 amide bonds. The van der Waals surface area contributed by atoms with Gasteiger partial charge in [0.1, 0.15) is 16.2 Å². The largest absolute Gasteiger partial charge is 0.363 e. The second-order valence-corrected chi connectivity index (χ2v) is 6.00. The summed E-state index contributed by atoms with van der Waals surface area (Å²) in [7, 11) is 0. The zero-order chi connectivity index (χ0) is 15.4. The first-order chi connectivity index (χ1) is 9.99. The molecule has 0 radical (unpaired) electrons. The molecule has 0 bridgehead atoms. The predicted octanol–water partition coefficient (Wildman–Crippen LogP) is 4.41. The highest BCUT2D eigenvalue weighted by atomic mass is 79.9. The number of halogens is 1. The maximum absolute atomic E-state index is 8.83. The lowest BCUT2D eigenvalue weighted by molar-refractivity contribution is 0.763. The molecule has 1 N–H and O–H groups in total. The van der Waals surface area contributed by atoms with Crippen LogP contribution >= 0.6 is 15.9 Å². The Morgan fingerprint density at radius 1 is 1.14 bits per heavy atom. The summed E-state index contributed by atoms with van der Waals surface area (Å²) >= 11 is 3.42. The number of rotatable bonds is 4. The van der Waals surface area contributed by atoms with Crippen LogP contribution < -0.4 is 5.32 Å². The fourth-order valence-corrected chi connectivity index (χ4v) is 2.32. The van der Waals surface area contributed by atoms with Gasteiger partial charge in [0.25, 0.3) is 0 Å². The molecule has 1 heterocycles. The Labute approximate surface area is 133 Å². The number of anilines is 1. The first-order valence-electron chi connectivity index (χ1n) is 6.80. The summed E-state index contributed by atoms with van der Waals surface area (Å²) in [6.07, 6.45) is 0. The Hall–Kier alpha value is -1.93. The molecule has 2 aromatic rings. The number of benzene rings is 1. The first-order valence-corrected chi connectivity index (χ1v) is 7.60. The average molecular weight is 345 g/mol. The molecule has 0 saturated heterocycles. The molecule has 0 saturated carbocycles. The van der Waals surface area contributed by atoms with Crippen LogP contribution in [0.1, 0.15) is 49.7 Å². The molecular formula is C16H17BrN4. The van der Waals surface area contributed by atoms with Crippen LogP contribution in [0, 0.1) is 11.3 Å². The lowest BCUT2D eigenvalue weighted by Crippen LogP contribution is -2.10. The SMILES string of the molecule is CC(C)c1nc(Br)cc(NC(C)c2ccc(C#N)cc2)n1. The molecule has 2 rings (SSSR count). The van der Waals surface area contributed by atoms with Crippen molar-refractivity contribution in [3.8, 4) is 6.07 Å². The Balaban J connectivity index is 2.18. The zero-order valence-electron chi connectivity index (χ0n) is 12.3. The number of hydrogen-bond donors (Lipinski definition) is 1. The Kier molecular flexibility index (Phi) is 4.92. The van der Waals surface area contributed by atoms with Gasteiger partial charge in [-0.25, -0.2) is 9.97 Å². The molecule has 1 unspecified atom stereocenters. The maximum Gasteiger partial charge on any atom is 0.134 e.